The predicted molar refractivity (Wildman–Crippen MR) is 329 cm³/mol. The van der Waals surface area contributed by atoms with Crippen LogP contribution in [0.1, 0.15) is 85.9 Å². The van der Waals surface area contributed by atoms with Crippen LogP contribution in [0.2, 0.25) is 0 Å². The summed E-state index contributed by atoms with van der Waals surface area (Å²) in [4.78, 5) is 100. The first-order chi connectivity index (χ1) is 42.6. The van der Waals surface area contributed by atoms with E-state index in [1.54, 1.807) is 54.8 Å². The van der Waals surface area contributed by atoms with E-state index in [0.717, 1.165) is 29.2 Å². The van der Waals surface area contributed by atoms with Crippen LogP contribution in [-0.2, 0) is 47.7 Å². The van der Waals surface area contributed by atoms with Crippen LogP contribution in [0.4, 0.5) is 0 Å². The van der Waals surface area contributed by atoms with E-state index in [4.69, 9.17) is 18.9 Å². The maximum Gasteiger partial charge on any atom is 1.00 e. The standard InChI is InChI=1S/C63H80N5O19S2.2Na.H2O/c1-39(70)67-53-48(73)34-62(38-69,86-57(53)55(78)50(75)36-65-59(80)45-21-17-43(18-22-45)41-12-5-3-6-13-41)84-28-10-30-88-32-25-47(72)16-9-27-64-52(77)26-33-89-31-11-29-85-63(61(82)83)35-49(74)54(68-40(2)71)58(87-63)56(79)51(76)37-66-60(81)46-23-19-44(20-24-46)42-14-7-4-8-15-42;;;/h3-8,12-15,17-24,48-51,53-58,73-76,78-79H,9-11,16,25-37H2,1-2H3,(H,64,77)(H,65,80)(H,66,81)(H,67,70)(H,68,71)(H,82,83);;;1H2/q-1;2*+1;/p-2/t48-,49-,50+,51+,53+,54+,55+,56+,57+,58+,62+,63+;;;/m0.../s1. The third-order valence-corrected chi connectivity index (χ3v) is 16.9. The first kappa shape index (κ1) is 81.5. The van der Waals surface area contributed by atoms with Crippen molar-refractivity contribution >= 4 is 71.1 Å². The molecule has 2 aliphatic rings. The van der Waals surface area contributed by atoms with E-state index >= 15 is 0 Å². The number of carbonyl (C=O) groups excluding carboxylic acids is 8. The van der Waals surface area contributed by atoms with Gasteiger partial charge in [0.2, 0.25) is 23.5 Å². The van der Waals surface area contributed by atoms with Crippen LogP contribution < -0.4 is 90.8 Å². The zero-order valence-electron chi connectivity index (χ0n) is 51.9. The summed E-state index contributed by atoms with van der Waals surface area (Å²) in [5.41, 5.74) is 4.22. The molecule has 2 saturated heterocycles. The minimum absolute atomic E-state index is 0. The number of ether oxygens (including phenoxy) is 4. The van der Waals surface area contributed by atoms with Crippen LogP contribution in [0.5, 0.6) is 0 Å². The number of benzene rings is 4. The molecule has 4 aromatic rings. The second-order valence-corrected chi connectivity index (χ2v) is 24.0. The average Bonchev–Trinajstić information content (AvgIpc) is 0.923. The van der Waals surface area contributed by atoms with E-state index in [-0.39, 0.29) is 127 Å². The molecule has 492 valence electrons. The van der Waals surface area contributed by atoms with E-state index in [9.17, 15) is 74.1 Å². The second-order valence-electron chi connectivity index (χ2n) is 21.6. The van der Waals surface area contributed by atoms with Gasteiger partial charge in [0.15, 0.2) is 0 Å². The van der Waals surface area contributed by atoms with Crippen LogP contribution >= 0.6 is 23.5 Å². The van der Waals surface area contributed by atoms with Crippen LogP contribution in [0.15, 0.2) is 109 Å². The van der Waals surface area contributed by atoms with Gasteiger partial charge in [-0.1, -0.05) is 84.9 Å². The van der Waals surface area contributed by atoms with Crippen molar-refractivity contribution in [2.75, 3.05) is 55.9 Å². The predicted octanol–water partition coefficient (Wildman–Crippen LogP) is -5.46. The van der Waals surface area contributed by atoms with Gasteiger partial charge in [0.25, 0.3) is 11.8 Å². The van der Waals surface area contributed by atoms with Crippen molar-refractivity contribution in [3.05, 3.63) is 120 Å². The largest absolute Gasteiger partial charge is 1.00 e. The molecule has 0 unspecified atom stereocenters. The number of carboxylic acid groups (broad SMARTS) is 1. The van der Waals surface area contributed by atoms with E-state index < -0.39 is 128 Å². The Bertz CT molecular complexity index is 2950. The molecule has 25 nitrogen and oxygen atoms in total. The number of thioether (sulfide) groups is 2. The molecule has 12 atom stereocenters. The monoisotopic (exact) mass is 1340 g/mol. The summed E-state index contributed by atoms with van der Waals surface area (Å²) in [5, 5.41) is 92.0. The fraction of sp³-hybridized carbons (Fsp3) is 0.492. The number of hydrogen-bond acceptors (Lipinski definition) is 22. The summed E-state index contributed by atoms with van der Waals surface area (Å²) in [7, 11) is 0. The fourth-order valence-electron chi connectivity index (χ4n) is 10.0. The molecule has 29 heteroatoms. The summed E-state index contributed by atoms with van der Waals surface area (Å²) in [5.74, 6) is -7.41. The Kier molecular flexibility index (Phi) is 36.6. The van der Waals surface area contributed by atoms with Crippen LogP contribution in [-0.4, -0.2) is 212 Å². The number of aliphatic carboxylic acids is 1. The normalized spacial score (nSPS) is 22.2. The van der Waals surface area contributed by atoms with E-state index in [2.05, 4.69) is 26.6 Å². The molecule has 6 rings (SSSR count). The molecule has 0 aliphatic carbocycles. The van der Waals surface area contributed by atoms with Gasteiger partial charge < -0.3 is 96.3 Å². The smallest absolute Gasteiger partial charge is 0.870 e. The fourth-order valence-corrected chi connectivity index (χ4v) is 11.8. The van der Waals surface area contributed by atoms with Crippen LogP contribution in [0, 0.1) is 0 Å². The van der Waals surface area contributed by atoms with Gasteiger partial charge in [-0.25, -0.2) is 6.29 Å². The van der Waals surface area contributed by atoms with Crippen LogP contribution in [0.25, 0.3) is 22.3 Å². The summed E-state index contributed by atoms with van der Waals surface area (Å²) in [6.07, 6.45) is -11.4. The summed E-state index contributed by atoms with van der Waals surface area (Å²) < 4.78 is 23.1. The van der Waals surface area contributed by atoms with E-state index in [1.165, 1.54) is 30.4 Å². The van der Waals surface area contributed by atoms with Crippen molar-refractivity contribution in [1.82, 2.24) is 26.6 Å². The Hall–Kier alpha value is -4.70. The number of Topliss-reactive ketones (excluding diaryl/α,β-unsaturated/α-hetero) is 1. The Balaban J connectivity index is 0.00000736. The summed E-state index contributed by atoms with van der Waals surface area (Å²) in [6.45, 7) is 1.35. The van der Waals surface area contributed by atoms with Crippen LogP contribution in [0.3, 0.4) is 0 Å². The summed E-state index contributed by atoms with van der Waals surface area (Å²) in [6, 6.07) is 29.8. The van der Waals surface area contributed by atoms with Crippen molar-refractivity contribution < 1.29 is 158 Å². The average molecular weight is 1340 g/mol. The van der Waals surface area contributed by atoms with Gasteiger partial charge in [-0.3, -0.25) is 28.8 Å². The Morgan fingerprint density at radius 3 is 1.48 bits per heavy atom. The van der Waals surface area contributed by atoms with Gasteiger partial charge in [-0.2, -0.15) is 23.5 Å². The summed E-state index contributed by atoms with van der Waals surface area (Å²) >= 11 is 2.84. The molecule has 92 heavy (non-hydrogen) atoms. The maximum absolute atomic E-state index is 13.0. The molecule has 12 N–H and O–H groups in total. The molecule has 0 aromatic heterocycles. The maximum atomic E-state index is 13.0. The first-order valence-electron chi connectivity index (χ1n) is 29.3. The molecule has 0 saturated carbocycles. The second kappa shape index (κ2) is 41.3. The zero-order chi connectivity index (χ0) is 64.5. The Labute approximate surface area is 586 Å². The van der Waals surface area contributed by atoms with E-state index in [0.29, 0.717) is 41.4 Å². The van der Waals surface area contributed by atoms with Crippen molar-refractivity contribution in [2.24, 2.45) is 0 Å². The zero-order valence-corrected chi connectivity index (χ0v) is 57.6. The molecule has 5 amide bonds. The first-order valence-corrected chi connectivity index (χ1v) is 31.6. The molecular weight excluding hydrogens is 1260 g/mol. The number of hydrogen-bond donors (Lipinski definition) is 11. The molecule has 2 fully saturated rings. The number of ketones is 1. The van der Waals surface area contributed by atoms with Crippen molar-refractivity contribution in [3.63, 3.8) is 0 Å². The quantitative estimate of drug-likeness (QED) is 0.0115. The number of rotatable bonds is 36. The molecule has 0 radical (unpaired) electrons. The van der Waals surface area contributed by atoms with Gasteiger partial charge in [0.1, 0.15) is 36.2 Å². The third-order valence-electron chi connectivity index (χ3n) is 14.8. The van der Waals surface area contributed by atoms with E-state index in [1.807, 2.05) is 60.7 Å². The minimum atomic E-state index is -2.59. The number of aliphatic hydroxyl groups excluding tert-OH is 6. The van der Waals surface area contributed by atoms with Crippen molar-refractivity contribution in [2.45, 2.75) is 138 Å². The number of aliphatic hydroxyl groups is 6. The molecule has 0 spiro atoms. The van der Waals surface area contributed by atoms with Crippen molar-refractivity contribution in [1.29, 1.82) is 0 Å². The Morgan fingerprint density at radius 2 is 1.02 bits per heavy atom. The SMILES string of the molecule is CC(=O)N[C@H]1[C@H]([C@H](O)[C@H](O)CNC(=O)c2ccc(-c3ccccc3)cc2)O[C@]([C-]=O)(OCCCSCCC(=O)CCCNC(=O)CCSCCCO[C@]2(C(=O)[O-])C[C@H](O)[C@@H](NC(C)=O)[C@H]([C@H](O)[C@H](O)CNC(=O)c3ccc(-c4ccccc4)cc3)O2)C[C@@H]1O.[Na+].[Na+].[OH-]. The third kappa shape index (κ3) is 25.1. The minimum Gasteiger partial charge on any atom is -0.870 e. The number of carbonyl (C=O) groups is 7. The van der Waals surface area contributed by atoms with Gasteiger partial charge in [-0.15, -0.1) is 0 Å². The number of amides is 5. The molecule has 4 aromatic carbocycles. The molecular formula is C63H80N5Na2O20S2-. The van der Waals surface area contributed by atoms with Gasteiger partial charge in [0, 0.05) is 94.8 Å². The molecule has 2 heterocycles. The number of carboxylic acids is 1. The number of nitrogens with one attached hydrogen (secondary N) is 5. The van der Waals surface area contributed by atoms with Gasteiger partial charge in [-0.05, 0) is 77.3 Å². The molecule has 2 aliphatic heterocycles. The Morgan fingerprint density at radius 1 is 0.587 bits per heavy atom. The topological polar surface area (TPSA) is 408 Å². The van der Waals surface area contributed by atoms with Gasteiger partial charge in [0.05, 0.1) is 48.9 Å². The van der Waals surface area contributed by atoms with Gasteiger partial charge >= 0.3 is 59.1 Å². The molecule has 0 bridgehead atoms. The van der Waals surface area contributed by atoms with Crippen molar-refractivity contribution in [3.8, 4) is 22.3 Å².